The molecule has 0 aliphatic heterocycles. The van der Waals surface area contributed by atoms with E-state index in [-0.39, 0.29) is 6.29 Å². The van der Waals surface area contributed by atoms with Gasteiger partial charge in [0.2, 0.25) is 0 Å². The number of rotatable bonds is 3. The third kappa shape index (κ3) is 4.21. The third-order valence-electron chi connectivity index (χ3n) is 2.52. The number of aldehydes is 1. The highest BCUT2D eigenvalue weighted by atomic mass is 19.1. The average molecular weight is 303 g/mol. The number of benzene rings is 1. The molecule has 7 heteroatoms. The molecule has 1 amide bonds. The highest BCUT2D eigenvalue weighted by Crippen LogP contribution is 2.26. The second kappa shape index (κ2) is 5.75. The molecule has 1 N–H and O–H groups in total. The molecular weight excluding hydrogens is 287 g/mol. The molecule has 0 saturated carbocycles. The van der Waals surface area contributed by atoms with E-state index >= 15 is 0 Å². The van der Waals surface area contributed by atoms with Crippen molar-refractivity contribution in [3.8, 4) is 0 Å². The van der Waals surface area contributed by atoms with E-state index in [0.717, 1.165) is 6.92 Å². The lowest BCUT2D eigenvalue weighted by Crippen LogP contribution is -2.48. The number of hydrogen-bond donors (Lipinski definition) is 1. The summed E-state index contributed by atoms with van der Waals surface area (Å²) in [5, 5.41) is 2.09. The van der Waals surface area contributed by atoms with Crippen LogP contribution in [0.4, 0.5) is 18.0 Å². The largest absolute Gasteiger partial charge is 0.444 e. The molecule has 4 nitrogen and oxygen atoms in total. The zero-order valence-electron chi connectivity index (χ0n) is 12.1. The first kappa shape index (κ1) is 17.0. The molecule has 21 heavy (non-hydrogen) atoms. The summed E-state index contributed by atoms with van der Waals surface area (Å²) in [6, 6.07) is 0.855. The fourth-order valence-corrected chi connectivity index (χ4v) is 1.70. The van der Waals surface area contributed by atoms with Crippen molar-refractivity contribution in [2.45, 2.75) is 38.8 Å². The first-order chi connectivity index (χ1) is 9.48. The van der Waals surface area contributed by atoms with Crippen molar-refractivity contribution in [2.24, 2.45) is 0 Å². The van der Waals surface area contributed by atoms with Crippen LogP contribution in [0, 0.1) is 17.5 Å². The van der Waals surface area contributed by atoms with Gasteiger partial charge in [0.1, 0.15) is 34.9 Å². The smallest absolute Gasteiger partial charge is 0.408 e. The Hall–Kier alpha value is -2.05. The van der Waals surface area contributed by atoms with Crippen LogP contribution in [0.5, 0.6) is 0 Å². The number of nitrogens with one attached hydrogen (secondary N) is 1. The maximum absolute atomic E-state index is 13.8. The van der Waals surface area contributed by atoms with E-state index in [1.807, 2.05) is 0 Å². The maximum Gasteiger partial charge on any atom is 0.408 e. The molecule has 0 aliphatic carbocycles. The zero-order valence-corrected chi connectivity index (χ0v) is 12.1. The summed E-state index contributed by atoms with van der Waals surface area (Å²) >= 11 is 0. The number of ether oxygens (including phenoxy) is 1. The molecule has 1 aromatic carbocycles. The Morgan fingerprint density at radius 2 is 1.62 bits per heavy atom. The van der Waals surface area contributed by atoms with Crippen LogP contribution < -0.4 is 5.32 Å². The molecule has 1 atom stereocenters. The van der Waals surface area contributed by atoms with E-state index in [0.29, 0.717) is 12.1 Å². The molecular formula is C14H16F3NO3. The number of amides is 1. The van der Waals surface area contributed by atoms with Gasteiger partial charge in [-0.3, -0.25) is 0 Å². The van der Waals surface area contributed by atoms with Gasteiger partial charge in [-0.1, -0.05) is 0 Å². The summed E-state index contributed by atoms with van der Waals surface area (Å²) < 4.78 is 45.3. The van der Waals surface area contributed by atoms with E-state index in [2.05, 4.69) is 5.32 Å². The van der Waals surface area contributed by atoms with Gasteiger partial charge in [-0.05, 0) is 27.7 Å². The van der Waals surface area contributed by atoms with Crippen LogP contribution in [0.2, 0.25) is 0 Å². The highest BCUT2D eigenvalue weighted by molar-refractivity contribution is 5.78. The second-order valence-corrected chi connectivity index (χ2v) is 5.69. The summed E-state index contributed by atoms with van der Waals surface area (Å²) in [4.78, 5) is 22.9. The van der Waals surface area contributed by atoms with Gasteiger partial charge >= 0.3 is 6.09 Å². The molecule has 0 fully saturated rings. The fraction of sp³-hybridized carbons (Fsp3) is 0.429. The molecule has 1 rings (SSSR count). The van der Waals surface area contributed by atoms with E-state index in [1.165, 1.54) is 0 Å². The van der Waals surface area contributed by atoms with Crippen LogP contribution >= 0.6 is 0 Å². The first-order valence-corrected chi connectivity index (χ1v) is 6.11. The molecule has 0 aliphatic rings. The Morgan fingerprint density at radius 3 is 2.00 bits per heavy atom. The SMILES string of the molecule is CC(C)(C)OC(=O)NC(C)(C=O)c1c(F)cc(F)cc1F. The highest BCUT2D eigenvalue weighted by Gasteiger charge is 2.36. The Labute approximate surface area is 120 Å². The van der Waals surface area contributed by atoms with Crippen LogP contribution in [0.1, 0.15) is 33.3 Å². The summed E-state index contributed by atoms with van der Waals surface area (Å²) in [7, 11) is 0. The Bertz CT molecular complexity index is 546. The predicted octanol–water partition coefficient (Wildman–Crippen LogP) is 3.04. The second-order valence-electron chi connectivity index (χ2n) is 5.69. The van der Waals surface area contributed by atoms with Gasteiger partial charge in [-0.15, -0.1) is 0 Å². The van der Waals surface area contributed by atoms with E-state index in [4.69, 9.17) is 4.74 Å². The number of carbonyl (C=O) groups is 2. The Balaban J connectivity index is 3.17. The molecule has 0 heterocycles. The number of halogens is 3. The minimum absolute atomic E-state index is 0.149. The predicted molar refractivity (Wildman–Crippen MR) is 69.1 cm³/mol. The minimum Gasteiger partial charge on any atom is -0.444 e. The molecule has 1 aromatic rings. The Morgan fingerprint density at radius 1 is 1.14 bits per heavy atom. The van der Waals surface area contributed by atoms with Crippen molar-refractivity contribution in [3.63, 3.8) is 0 Å². The number of hydrogen-bond acceptors (Lipinski definition) is 3. The van der Waals surface area contributed by atoms with Gasteiger partial charge in [0.05, 0.1) is 5.56 Å². The monoisotopic (exact) mass is 303 g/mol. The minimum atomic E-state index is -2.02. The van der Waals surface area contributed by atoms with Crippen molar-refractivity contribution < 1.29 is 27.5 Å². The van der Waals surface area contributed by atoms with Gasteiger partial charge in [0.25, 0.3) is 0 Å². The van der Waals surface area contributed by atoms with Crippen molar-refractivity contribution in [1.82, 2.24) is 5.32 Å². The molecule has 0 saturated heterocycles. The van der Waals surface area contributed by atoms with Gasteiger partial charge in [0.15, 0.2) is 0 Å². The molecule has 116 valence electrons. The molecule has 0 aromatic heterocycles. The summed E-state index contributed by atoms with van der Waals surface area (Å²) in [6.45, 7) is 5.85. The normalized spacial score (nSPS) is 14.2. The fourth-order valence-electron chi connectivity index (χ4n) is 1.70. The molecule has 1 unspecified atom stereocenters. The quantitative estimate of drug-likeness (QED) is 0.873. The topological polar surface area (TPSA) is 55.4 Å². The first-order valence-electron chi connectivity index (χ1n) is 6.11. The lowest BCUT2D eigenvalue weighted by molar-refractivity contribution is -0.113. The lowest BCUT2D eigenvalue weighted by Gasteiger charge is -2.28. The van der Waals surface area contributed by atoms with Crippen LogP contribution in [-0.2, 0) is 15.1 Å². The van der Waals surface area contributed by atoms with Gasteiger partial charge in [-0.2, -0.15) is 0 Å². The van der Waals surface area contributed by atoms with Crippen LogP contribution in [-0.4, -0.2) is 18.0 Å². The molecule has 0 radical (unpaired) electrons. The maximum atomic E-state index is 13.8. The van der Waals surface area contributed by atoms with Crippen LogP contribution in [0.15, 0.2) is 12.1 Å². The summed E-state index contributed by atoms with van der Waals surface area (Å²) in [5.74, 6) is -3.68. The third-order valence-corrected chi connectivity index (χ3v) is 2.52. The van der Waals surface area contributed by atoms with E-state index in [9.17, 15) is 22.8 Å². The van der Waals surface area contributed by atoms with Gasteiger partial charge < -0.3 is 14.8 Å². The van der Waals surface area contributed by atoms with Gasteiger partial charge in [0, 0.05) is 12.1 Å². The van der Waals surface area contributed by atoms with Crippen LogP contribution in [0.25, 0.3) is 0 Å². The summed E-state index contributed by atoms with van der Waals surface area (Å²) in [6.07, 6.45) is -0.878. The van der Waals surface area contributed by atoms with Crippen LogP contribution in [0.3, 0.4) is 0 Å². The van der Waals surface area contributed by atoms with Crippen molar-refractivity contribution in [2.75, 3.05) is 0 Å². The average Bonchev–Trinajstić information content (AvgIpc) is 2.24. The van der Waals surface area contributed by atoms with Gasteiger partial charge in [-0.25, -0.2) is 18.0 Å². The zero-order chi connectivity index (χ0) is 16.4. The van der Waals surface area contributed by atoms with Crippen molar-refractivity contribution in [3.05, 3.63) is 35.1 Å². The lowest BCUT2D eigenvalue weighted by atomic mass is 9.92. The number of alkyl carbamates (subject to hydrolysis) is 1. The molecule has 0 spiro atoms. The standard InChI is InChI=1S/C14H16F3NO3/c1-13(2,3)21-12(20)18-14(4,7-19)11-9(16)5-8(15)6-10(11)17/h5-7H,1-4H3,(H,18,20). The Kier molecular flexibility index (Phi) is 4.65. The van der Waals surface area contributed by atoms with E-state index in [1.54, 1.807) is 20.8 Å². The summed E-state index contributed by atoms with van der Waals surface area (Å²) in [5.41, 5.74) is -3.64. The van der Waals surface area contributed by atoms with E-state index < -0.39 is 40.2 Å². The number of carbonyl (C=O) groups excluding carboxylic acids is 2. The van der Waals surface area contributed by atoms with Crippen molar-refractivity contribution >= 4 is 12.4 Å². The molecule has 0 bridgehead atoms. The van der Waals surface area contributed by atoms with Crippen molar-refractivity contribution in [1.29, 1.82) is 0 Å².